The lowest BCUT2D eigenvalue weighted by Crippen LogP contribution is -2.04. The van der Waals surface area contributed by atoms with E-state index in [0.29, 0.717) is 12.8 Å². The summed E-state index contributed by atoms with van der Waals surface area (Å²) in [4.78, 5) is 0. The van der Waals surface area contributed by atoms with Gasteiger partial charge in [-0.25, -0.2) is 0 Å². The second-order valence-corrected chi connectivity index (χ2v) is 5.50. The summed E-state index contributed by atoms with van der Waals surface area (Å²) in [6.45, 7) is 3.60. The average Bonchev–Trinajstić information content (AvgIpc) is 2.39. The van der Waals surface area contributed by atoms with Gasteiger partial charge >= 0.3 is 0 Å². The van der Waals surface area contributed by atoms with Crippen LogP contribution in [0.15, 0.2) is 48.5 Å². The Morgan fingerprint density at radius 3 is 1.20 bits per heavy atom. The quantitative estimate of drug-likeness (QED) is 0.876. The molecule has 2 atom stereocenters. The Morgan fingerprint density at radius 1 is 0.650 bits per heavy atom. The van der Waals surface area contributed by atoms with E-state index in [9.17, 15) is 10.2 Å². The van der Waals surface area contributed by atoms with E-state index in [-0.39, 0.29) is 12.2 Å². The maximum Gasteiger partial charge on any atom is 0.0552 e. The summed E-state index contributed by atoms with van der Waals surface area (Å²) in [7, 11) is 0. The van der Waals surface area contributed by atoms with E-state index in [1.165, 1.54) is 11.1 Å². The van der Waals surface area contributed by atoms with Gasteiger partial charge < -0.3 is 10.2 Å². The molecule has 0 saturated heterocycles. The van der Waals surface area contributed by atoms with Crippen LogP contribution in [-0.2, 0) is 12.8 Å². The zero-order chi connectivity index (χ0) is 14.5. The van der Waals surface area contributed by atoms with Crippen molar-refractivity contribution in [2.45, 2.75) is 38.9 Å². The van der Waals surface area contributed by atoms with Gasteiger partial charge in [0.1, 0.15) is 0 Å². The Labute approximate surface area is 120 Å². The normalized spacial score (nSPS) is 14.0. The van der Waals surface area contributed by atoms with Crippen molar-refractivity contribution >= 4 is 0 Å². The molecule has 0 saturated carbocycles. The van der Waals surface area contributed by atoms with E-state index in [4.69, 9.17) is 0 Å². The Kier molecular flexibility index (Phi) is 4.94. The first kappa shape index (κ1) is 14.8. The summed E-state index contributed by atoms with van der Waals surface area (Å²) >= 11 is 0. The van der Waals surface area contributed by atoms with Crippen molar-refractivity contribution in [3.8, 4) is 11.1 Å². The topological polar surface area (TPSA) is 40.5 Å². The number of hydrogen-bond donors (Lipinski definition) is 2. The van der Waals surface area contributed by atoms with Gasteiger partial charge in [0.25, 0.3) is 0 Å². The molecule has 0 bridgehead atoms. The third-order valence-electron chi connectivity index (χ3n) is 3.30. The third kappa shape index (κ3) is 4.19. The lowest BCUT2D eigenvalue weighted by atomic mass is 9.99. The molecule has 0 radical (unpaired) electrons. The summed E-state index contributed by atoms with van der Waals surface area (Å²) in [5.41, 5.74) is 4.63. The van der Waals surface area contributed by atoms with Crippen molar-refractivity contribution in [1.82, 2.24) is 0 Å². The molecular weight excluding hydrogens is 248 g/mol. The van der Waals surface area contributed by atoms with Crippen molar-refractivity contribution in [1.29, 1.82) is 0 Å². The van der Waals surface area contributed by atoms with Gasteiger partial charge in [-0.2, -0.15) is 0 Å². The molecule has 2 rings (SSSR count). The van der Waals surface area contributed by atoms with Crippen molar-refractivity contribution in [2.75, 3.05) is 0 Å². The van der Waals surface area contributed by atoms with Crippen molar-refractivity contribution in [2.24, 2.45) is 0 Å². The minimum Gasteiger partial charge on any atom is -0.393 e. The third-order valence-corrected chi connectivity index (χ3v) is 3.30. The summed E-state index contributed by atoms with van der Waals surface area (Å²) in [5.74, 6) is 0. The highest BCUT2D eigenvalue weighted by Crippen LogP contribution is 2.21. The molecule has 0 fully saturated rings. The van der Waals surface area contributed by atoms with E-state index in [1.54, 1.807) is 13.8 Å². The van der Waals surface area contributed by atoms with Crippen LogP contribution in [0.1, 0.15) is 25.0 Å². The Morgan fingerprint density at radius 2 is 0.950 bits per heavy atom. The number of hydrogen-bond acceptors (Lipinski definition) is 2. The van der Waals surface area contributed by atoms with Gasteiger partial charge in [0.05, 0.1) is 12.2 Å². The molecule has 20 heavy (non-hydrogen) atoms. The molecular formula is C18H22O2. The highest BCUT2D eigenvalue weighted by molar-refractivity contribution is 5.64. The maximum atomic E-state index is 9.37. The molecule has 0 aliphatic heterocycles. The largest absolute Gasteiger partial charge is 0.393 e. The van der Waals surface area contributed by atoms with Gasteiger partial charge in [-0.15, -0.1) is 0 Å². The smallest absolute Gasteiger partial charge is 0.0552 e. The number of aliphatic hydroxyl groups is 2. The van der Waals surface area contributed by atoms with Crippen LogP contribution in [0.2, 0.25) is 0 Å². The summed E-state index contributed by atoms with van der Waals surface area (Å²) in [5, 5.41) is 18.7. The molecule has 106 valence electrons. The van der Waals surface area contributed by atoms with Crippen molar-refractivity contribution < 1.29 is 10.2 Å². The molecule has 2 heteroatoms. The Balaban J connectivity index is 2.11. The van der Waals surface area contributed by atoms with Crippen molar-refractivity contribution in [3.05, 3.63) is 59.7 Å². The molecule has 0 heterocycles. The number of aliphatic hydroxyl groups excluding tert-OH is 2. The summed E-state index contributed by atoms with van der Waals surface area (Å²) < 4.78 is 0. The minimum atomic E-state index is -0.305. The molecule has 2 aromatic rings. The summed E-state index contributed by atoms with van der Waals surface area (Å²) in [6.07, 6.45) is 0.766. The van der Waals surface area contributed by atoms with Gasteiger partial charge in [0, 0.05) is 0 Å². The van der Waals surface area contributed by atoms with Gasteiger partial charge in [-0.05, 0) is 48.9 Å². The monoisotopic (exact) mass is 270 g/mol. The first-order valence-corrected chi connectivity index (χ1v) is 7.09. The SMILES string of the molecule is CC(O)Cc1ccc(-c2ccc(CC(C)O)cc2)cc1. The molecule has 2 aromatic carbocycles. The standard InChI is InChI=1S/C18H22O2/c1-13(19)11-15-3-7-17(8-4-15)18-9-5-16(6-10-18)12-14(2)20/h3-10,13-14,19-20H,11-12H2,1-2H3. The fraction of sp³-hybridized carbons (Fsp3) is 0.333. The van der Waals surface area contributed by atoms with Crippen LogP contribution in [-0.4, -0.2) is 22.4 Å². The molecule has 0 aliphatic carbocycles. The van der Waals surface area contributed by atoms with Gasteiger partial charge in [-0.1, -0.05) is 48.5 Å². The highest BCUT2D eigenvalue weighted by Gasteiger charge is 2.02. The average molecular weight is 270 g/mol. The molecule has 2 nitrogen and oxygen atoms in total. The minimum absolute atomic E-state index is 0.305. The lowest BCUT2D eigenvalue weighted by Gasteiger charge is -2.08. The highest BCUT2D eigenvalue weighted by atomic mass is 16.3. The Bertz CT molecular complexity index is 473. The van der Waals surface area contributed by atoms with Crippen LogP contribution in [0.4, 0.5) is 0 Å². The van der Waals surface area contributed by atoms with E-state index >= 15 is 0 Å². The van der Waals surface area contributed by atoms with Crippen LogP contribution in [0.5, 0.6) is 0 Å². The maximum absolute atomic E-state index is 9.37. The van der Waals surface area contributed by atoms with Gasteiger partial charge in [0.15, 0.2) is 0 Å². The van der Waals surface area contributed by atoms with E-state index in [0.717, 1.165) is 11.1 Å². The van der Waals surface area contributed by atoms with E-state index < -0.39 is 0 Å². The molecule has 2 N–H and O–H groups in total. The fourth-order valence-electron chi connectivity index (χ4n) is 2.35. The van der Waals surface area contributed by atoms with Crippen LogP contribution >= 0.6 is 0 Å². The predicted octanol–water partition coefficient (Wildman–Crippen LogP) is 3.20. The first-order chi connectivity index (χ1) is 9.54. The molecule has 0 spiro atoms. The second kappa shape index (κ2) is 6.69. The van der Waals surface area contributed by atoms with Gasteiger partial charge in [-0.3, -0.25) is 0 Å². The van der Waals surface area contributed by atoms with Crippen LogP contribution in [0.3, 0.4) is 0 Å². The van der Waals surface area contributed by atoms with Crippen LogP contribution in [0.25, 0.3) is 11.1 Å². The van der Waals surface area contributed by atoms with Crippen LogP contribution in [0, 0.1) is 0 Å². The lowest BCUT2D eigenvalue weighted by molar-refractivity contribution is 0.195. The van der Waals surface area contributed by atoms with Crippen molar-refractivity contribution in [3.63, 3.8) is 0 Å². The zero-order valence-corrected chi connectivity index (χ0v) is 12.1. The number of benzene rings is 2. The zero-order valence-electron chi connectivity index (χ0n) is 12.1. The summed E-state index contributed by atoms with van der Waals surface area (Å²) in [6, 6.07) is 16.6. The molecule has 0 aliphatic rings. The first-order valence-electron chi connectivity index (χ1n) is 7.09. The number of rotatable bonds is 5. The van der Waals surface area contributed by atoms with E-state index in [1.807, 2.05) is 0 Å². The molecule has 0 amide bonds. The second-order valence-electron chi connectivity index (χ2n) is 5.50. The predicted molar refractivity (Wildman–Crippen MR) is 82.6 cm³/mol. The van der Waals surface area contributed by atoms with Crippen LogP contribution < -0.4 is 0 Å². The Hall–Kier alpha value is -1.64. The fourth-order valence-corrected chi connectivity index (χ4v) is 2.35. The molecule has 2 unspecified atom stereocenters. The van der Waals surface area contributed by atoms with E-state index in [2.05, 4.69) is 48.5 Å². The molecule has 0 aromatic heterocycles. The van der Waals surface area contributed by atoms with Gasteiger partial charge in [0.2, 0.25) is 0 Å².